The molecular weight excluding hydrogens is 406 g/mol. The Hall–Kier alpha value is -3.03. The molecule has 2 aromatic heterocycles. The van der Waals surface area contributed by atoms with Gasteiger partial charge in [-0.05, 0) is 42.7 Å². The highest BCUT2D eigenvalue weighted by Crippen LogP contribution is 2.26. The van der Waals surface area contributed by atoms with E-state index in [1.807, 2.05) is 65.5 Å². The van der Waals surface area contributed by atoms with Gasteiger partial charge in [-0.3, -0.25) is 4.79 Å². The summed E-state index contributed by atoms with van der Waals surface area (Å²) in [5.74, 6) is -0.105. The van der Waals surface area contributed by atoms with Gasteiger partial charge >= 0.3 is 0 Å². The first-order chi connectivity index (χ1) is 14.0. The van der Waals surface area contributed by atoms with Crippen molar-refractivity contribution in [2.45, 2.75) is 13.5 Å². The third-order valence-electron chi connectivity index (χ3n) is 4.53. The van der Waals surface area contributed by atoms with E-state index < -0.39 is 0 Å². The summed E-state index contributed by atoms with van der Waals surface area (Å²) in [5.41, 5.74) is 4.28. The van der Waals surface area contributed by atoms with Gasteiger partial charge in [-0.25, -0.2) is 4.68 Å². The summed E-state index contributed by atoms with van der Waals surface area (Å²) in [6.45, 7) is 2.19. The molecule has 29 heavy (non-hydrogen) atoms. The lowest BCUT2D eigenvalue weighted by molar-refractivity contribution is 0.0789. The van der Waals surface area contributed by atoms with Gasteiger partial charge in [-0.2, -0.15) is 5.10 Å². The van der Waals surface area contributed by atoms with Crippen molar-refractivity contribution in [2.24, 2.45) is 0 Å². The van der Waals surface area contributed by atoms with E-state index >= 15 is 0 Å². The van der Waals surface area contributed by atoms with Gasteiger partial charge in [0, 0.05) is 35.9 Å². The Morgan fingerprint density at radius 1 is 1.14 bits per heavy atom. The van der Waals surface area contributed by atoms with Crippen LogP contribution in [-0.4, -0.2) is 37.2 Å². The van der Waals surface area contributed by atoms with Crippen LogP contribution in [0.25, 0.3) is 16.9 Å². The molecule has 0 aliphatic carbocycles. The van der Waals surface area contributed by atoms with Crippen molar-refractivity contribution in [3.05, 3.63) is 82.0 Å². The third-order valence-corrected chi connectivity index (χ3v) is 5.60. The fourth-order valence-electron chi connectivity index (χ4n) is 3.02. The van der Waals surface area contributed by atoms with Gasteiger partial charge in [0.25, 0.3) is 5.91 Å². The van der Waals surface area contributed by atoms with Gasteiger partial charge in [0.2, 0.25) is 0 Å². The van der Waals surface area contributed by atoms with Crippen LogP contribution in [0, 0.1) is 6.92 Å². The molecule has 6 nitrogen and oxygen atoms in total. The Labute approximate surface area is 177 Å². The molecule has 0 unspecified atom stereocenters. The molecular formula is C21H18ClN5OS. The molecule has 0 aliphatic rings. The number of hydrogen-bond donors (Lipinski definition) is 0. The number of para-hydroxylation sites is 1. The monoisotopic (exact) mass is 423 g/mol. The molecule has 0 spiro atoms. The first kappa shape index (κ1) is 19.3. The number of carbonyl (C=O) groups is 1. The fourth-order valence-corrected chi connectivity index (χ4v) is 3.80. The van der Waals surface area contributed by atoms with E-state index in [1.54, 1.807) is 18.9 Å². The number of carbonyl (C=O) groups excluding carboxylic acids is 1. The van der Waals surface area contributed by atoms with Crippen LogP contribution >= 0.6 is 23.1 Å². The van der Waals surface area contributed by atoms with Crippen LogP contribution in [0.2, 0.25) is 5.02 Å². The summed E-state index contributed by atoms with van der Waals surface area (Å²) >= 11 is 7.16. The molecule has 0 N–H and O–H groups in total. The van der Waals surface area contributed by atoms with E-state index in [-0.39, 0.29) is 5.91 Å². The van der Waals surface area contributed by atoms with Crippen LogP contribution in [0.5, 0.6) is 0 Å². The van der Waals surface area contributed by atoms with E-state index in [0.29, 0.717) is 22.1 Å². The van der Waals surface area contributed by atoms with Gasteiger partial charge in [-0.1, -0.05) is 46.4 Å². The maximum Gasteiger partial charge on any atom is 0.267 e. The topological polar surface area (TPSA) is 63.9 Å². The number of hydrogen-bond acceptors (Lipinski definition) is 5. The molecule has 4 aromatic rings. The molecule has 0 aliphatic heterocycles. The molecule has 2 aromatic carbocycles. The molecule has 2 heterocycles. The van der Waals surface area contributed by atoms with Crippen LogP contribution < -0.4 is 0 Å². The van der Waals surface area contributed by atoms with Crippen LogP contribution in [0.3, 0.4) is 0 Å². The minimum Gasteiger partial charge on any atom is -0.336 e. The fraction of sp³-hybridized carbons (Fsp3) is 0.143. The van der Waals surface area contributed by atoms with Crippen LogP contribution in [0.1, 0.15) is 20.9 Å². The number of rotatable bonds is 5. The van der Waals surface area contributed by atoms with Crippen molar-refractivity contribution >= 4 is 29.0 Å². The zero-order valence-corrected chi connectivity index (χ0v) is 17.5. The van der Waals surface area contributed by atoms with Gasteiger partial charge in [0.05, 0.1) is 17.1 Å². The Morgan fingerprint density at radius 3 is 2.52 bits per heavy atom. The lowest BCUT2D eigenvalue weighted by Crippen LogP contribution is -2.26. The quantitative estimate of drug-likeness (QED) is 0.469. The first-order valence-corrected chi connectivity index (χ1v) is 10.1. The third kappa shape index (κ3) is 4.06. The van der Waals surface area contributed by atoms with Crippen molar-refractivity contribution in [2.75, 3.05) is 7.05 Å². The van der Waals surface area contributed by atoms with Crippen molar-refractivity contribution < 1.29 is 4.79 Å². The highest BCUT2D eigenvalue weighted by Gasteiger charge is 2.21. The van der Waals surface area contributed by atoms with Gasteiger partial charge in [0.15, 0.2) is 0 Å². The maximum absolute atomic E-state index is 12.8. The maximum atomic E-state index is 12.8. The number of amides is 1. The Morgan fingerprint density at radius 2 is 1.86 bits per heavy atom. The number of halogens is 1. The van der Waals surface area contributed by atoms with Crippen LogP contribution in [0.4, 0.5) is 0 Å². The minimum atomic E-state index is -0.105. The summed E-state index contributed by atoms with van der Waals surface area (Å²) in [7, 11) is 1.77. The van der Waals surface area contributed by atoms with Crippen molar-refractivity contribution in [3.8, 4) is 16.9 Å². The Bertz CT molecular complexity index is 1140. The summed E-state index contributed by atoms with van der Waals surface area (Å²) in [5, 5.41) is 9.39. The first-order valence-electron chi connectivity index (χ1n) is 8.97. The molecule has 0 atom stereocenters. The Balaban J connectivity index is 1.71. The standard InChI is InChI=1S/C21H18ClN5OS/c1-14-20(29-25-23-14)21(28)26(2)12-16-13-27(18-6-4-3-5-7-18)24-19(16)15-8-10-17(22)11-9-15/h3-11,13H,12H2,1-2H3. The van der Waals surface area contributed by atoms with E-state index in [9.17, 15) is 4.79 Å². The number of aromatic nitrogens is 4. The summed E-state index contributed by atoms with van der Waals surface area (Å²) in [6.07, 6.45) is 1.96. The minimum absolute atomic E-state index is 0.105. The molecule has 146 valence electrons. The number of aryl methyl sites for hydroxylation is 1. The molecule has 8 heteroatoms. The second kappa shape index (κ2) is 8.14. The zero-order chi connectivity index (χ0) is 20.4. The highest BCUT2D eigenvalue weighted by molar-refractivity contribution is 7.07. The molecule has 0 fully saturated rings. The molecule has 0 bridgehead atoms. The smallest absolute Gasteiger partial charge is 0.267 e. The predicted octanol–water partition coefficient (Wildman–Crippen LogP) is 4.62. The van der Waals surface area contributed by atoms with Crippen LogP contribution in [0.15, 0.2) is 60.8 Å². The van der Waals surface area contributed by atoms with E-state index in [0.717, 1.165) is 34.0 Å². The van der Waals surface area contributed by atoms with E-state index in [4.69, 9.17) is 16.7 Å². The largest absolute Gasteiger partial charge is 0.336 e. The van der Waals surface area contributed by atoms with Crippen molar-refractivity contribution in [3.63, 3.8) is 0 Å². The molecule has 1 amide bonds. The molecule has 0 radical (unpaired) electrons. The lowest BCUT2D eigenvalue weighted by Gasteiger charge is -2.16. The van der Waals surface area contributed by atoms with E-state index in [2.05, 4.69) is 9.59 Å². The average molecular weight is 424 g/mol. The lowest BCUT2D eigenvalue weighted by atomic mass is 10.1. The second-order valence-electron chi connectivity index (χ2n) is 6.64. The van der Waals surface area contributed by atoms with Gasteiger partial charge in [-0.15, -0.1) is 5.10 Å². The summed E-state index contributed by atoms with van der Waals surface area (Å²) in [6, 6.07) is 17.4. The highest BCUT2D eigenvalue weighted by atomic mass is 35.5. The SMILES string of the molecule is Cc1nnsc1C(=O)N(C)Cc1cn(-c2ccccc2)nc1-c1ccc(Cl)cc1. The molecule has 0 saturated heterocycles. The molecule has 4 rings (SSSR count). The van der Waals surface area contributed by atoms with Gasteiger partial charge < -0.3 is 4.90 Å². The normalized spacial score (nSPS) is 10.9. The molecule has 0 saturated carbocycles. The van der Waals surface area contributed by atoms with Crippen molar-refractivity contribution in [1.29, 1.82) is 0 Å². The summed E-state index contributed by atoms with van der Waals surface area (Å²) < 4.78 is 5.70. The van der Waals surface area contributed by atoms with E-state index in [1.165, 1.54) is 0 Å². The second-order valence-corrected chi connectivity index (χ2v) is 7.83. The summed E-state index contributed by atoms with van der Waals surface area (Å²) in [4.78, 5) is 15.0. The average Bonchev–Trinajstić information content (AvgIpc) is 3.35. The number of nitrogens with zero attached hydrogens (tertiary/aromatic N) is 5. The zero-order valence-electron chi connectivity index (χ0n) is 15.9. The number of benzene rings is 2. The van der Waals surface area contributed by atoms with Gasteiger partial charge in [0.1, 0.15) is 4.88 Å². The van der Waals surface area contributed by atoms with Crippen LogP contribution in [-0.2, 0) is 6.54 Å². The predicted molar refractivity (Wildman–Crippen MR) is 114 cm³/mol. The Kier molecular flexibility index (Phi) is 5.42. The van der Waals surface area contributed by atoms with Crippen molar-refractivity contribution in [1.82, 2.24) is 24.3 Å².